The molecule has 1 heterocycles. The Hall–Kier alpha value is -2.60. The zero-order valence-corrected chi connectivity index (χ0v) is 13.3. The van der Waals surface area contributed by atoms with Crippen molar-refractivity contribution in [1.29, 1.82) is 0 Å². The lowest BCUT2D eigenvalue weighted by Crippen LogP contribution is -2.13. The van der Waals surface area contributed by atoms with Gasteiger partial charge >= 0.3 is 0 Å². The van der Waals surface area contributed by atoms with Crippen LogP contribution in [-0.4, -0.2) is 21.2 Å². The third-order valence-electron chi connectivity index (χ3n) is 3.27. The second-order valence-corrected chi connectivity index (χ2v) is 6.28. The normalized spacial score (nSPS) is 12.0. The first-order valence-electron chi connectivity index (χ1n) is 7.09. The molecule has 0 radical (unpaired) electrons. The van der Waals surface area contributed by atoms with Crippen molar-refractivity contribution in [2.75, 3.05) is 5.73 Å². The van der Waals surface area contributed by atoms with Crippen molar-refractivity contribution in [2.24, 2.45) is 0 Å². The molecule has 23 heavy (non-hydrogen) atoms. The lowest BCUT2D eigenvalue weighted by Gasteiger charge is -2.06. The number of hydrogen-bond donors (Lipinski definition) is 1. The number of thioether (sulfide) groups is 1. The molecule has 0 saturated carbocycles. The summed E-state index contributed by atoms with van der Waals surface area (Å²) in [6, 6.07) is 16.3. The fourth-order valence-corrected chi connectivity index (χ4v) is 2.80. The topological polar surface area (TPSA) is 82.0 Å². The number of Topliss-reactive ketones (excluding diaryl/α,β-unsaturated/α-hetero) is 1. The van der Waals surface area contributed by atoms with Crippen LogP contribution in [0.5, 0.6) is 0 Å². The van der Waals surface area contributed by atoms with E-state index in [2.05, 4.69) is 10.2 Å². The minimum atomic E-state index is -0.308. The Morgan fingerprint density at radius 2 is 1.78 bits per heavy atom. The fourth-order valence-electron chi connectivity index (χ4n) is 2.04. The van der Waals surface area contributed by atoms with Crippen LogP contribution in [0.3, 0.4) is 0 Å². The van der Waals surface area contributed by atoms with Gasteiger partial charge in [0.2, 0.25) is 5.89 Å². The van der Waals surface area contributed by atoms with Crippen LogP contribution in [0.4, 0.5) is 5.69 Å². The molecule has 0 bridgehead atoms. The maximum Gasteiger partial charge on any atom is 0.277 e. The Bertz CT molecular complexity index is 800. The van der Waals surface area contributed by atoms with Gasteiger partial charge < -0.3 is 10.2 Å². The molecule has 3 aromatic rings. The highest BCUT2D eigenvalue weighted by atomic mass is 32.2. The summed E-state index contributed by atoms with van der Waals surface area (Å²) in [5, 5.41) is 8.07. The number of ketones is 1. The Morgan fingerprint density at radius 1 is 1.09 bits per heavy atom. The summed E-state index contributed by atoms with van der Waals surface area (Å²) >= 11 is 1.25. The highest BCUT2D eigenvalue weighted by Gasteiger charge is 2.19. The smallest absolute Gasteiger partial charge is 0.277 e. The number of anilines is 1. The zero-order chi connectivity index (χ0) is 16.2. The highest BCUT2D eigenvalue weighted by molar-refractivity contribution is 8.00. The molecule has 0 aliphatic heterocycles. The number of benzene rings is 2. The van der Waals surface area contributed by atoms with Crippen molar-refractivity contribution in [3.05, 3.63) is 60.2 Å². The average Bonchev–Trinajstić information content (AvgIpc) is 3.04. The van der Waals surface area contributed by atoms with Crippen molar-refractivity contribution >= 4 is 23.2 Å². The molecule has 5 nitrogen and oxygen atoms in total. The molecule has 1 unspecified atom stereocenters. The standard InChI is InChI=1S/C17H15N3O2S/c1-11(15(21)12-5-3-2-4-6-12)23-17-20-19-16(22-17)13-7-9-14(18)10-8-13/h2-11H,18H2,1H3. The van der Waals surface area contributed by atoms with Crippen LogP contribution in [0.25, 0.3) is 11.5 Å². The van der Waals surface area contributed by atoms with Gasteiger partial charge in [-0.15, -0.1) is 10.2 Å². The number of nitrogens with zero attached hydrogens (tertiary/aromatic N) is 2. The maximum atomic E-state index is 12.3. The molecule has 2 N–H and O–H groups in total. The highest BCUT2D eigenvalue weighted by Crippen LogP contribution is 2.28. The van der Waals surface area contributed by atoms with Crippen molar-refractivity contribution in [2.45, 2.75) is 17.4 Å². The Morgan fingerprint density at radius 3 is 2.48 bits per heavy atom. The lowest BCUT2D eigenvalue weighted by atomic mass is 10.1. The molecular formula is C17H15N3O2S. The van der Waals surface area contributed by atoms with Crippen LogP contribution in [0.15, 0.2) is 64.2 Å². The number of nitrogens with two attached hydrogens (primary N) is 1. The Kier molecular flexibility index (Phi) is 4.43. The number of carbonyl (C=O) groups excluding carboxylic acids is 1. The second kappa shape index (κ2) is 6.66. The lowest BCUT2D eigenvalue weighted by molar-refractivity contribution is 0.0993. The summed E-state index contributed by atoms with van der Waals surface area (Å²) in [4.78, 5) is 12.3. The van der Waals surface area contributed by atoms with E-state index in [1.165, 1.54) is 11.8 Å². The molecule has 0 fully saturated rings. The first-order chi connectivity index (χ1) is 11.1. The predicted molar refractivity (Wildman–Crippen MR) is 90.2 cm³/mol. The van der Waals surface area contributed by atoms with Crippen LogP contribution < -0.4 is 5.73 Å². The van der Waals surface area contributed by atoms with E-state index in [0.717, 1.165) is 5.56 Å². The first kappa shape index (κ1) is 15.3. The molecule has 3 rings (SSSR count). The summed E-state index contributed by atoms with van der Waals surface area (Å²) in [7, 11) is 0. The molecule has 6 heteroatoms. The van der Waals surface area contributed by atoms with E-state index >= 15 is 0 Å². The van der Waals surface area contributed by atoms with Gasteiger partial charge in [0.15, 0.2) is 5.78 Å². The number of rotatable bonds is 5. The predicted octanol–water partition coefficient (Wildman–Crippen LogP) is 3.68. The van der Waals surface area contributed by atoms with Gasteiger partial charge in [-0.25, -0.2) is 0 Å². The molecule has 0 amide bonds. The Labute approximate surface area is 137 Å². The van der Waals surface area contributed by atoms with Crippen molar-refractivity contribution in [3.8, 4) is 11.5 Å². The van der Waals surface area contributed by atoms with Crippen LogP contribution in [0, 0.1) is 0 Å². The second-order valence-electron chi connectivity index (χ2n) is 4.99. The molecule has 116 valence electrons. The van der Waals surface area contributed by atoms with Gasteiger partial charge in [-0.1, -0.05) is 42.1 Å². The van der Waals surface area contributed by atoms with Crippen molar-refractivity contribution < 1.29 is 9.21 Å². The molecule has 1 atom stereocenters. The molecule has 1 aromatic heterocycles. The van der Waals surface area contributed by atoms with Crippen molar-refractivity contribution in [3.63, 3.8) is 0 Å². The van der Waals surface area contributed by atoms with Crippen LogP contribution >= 0.6 is 11.8 Å². The van der Waals surface area contributed by atoms with Gasteiger partial charge in [0.1, 0.15) is 0 Å². The molecule has 0 spiro atoms. The summed E-state index contributed by atoms with van der Waals surface area (Å²) in [5.41, 5.74) is 7.79. The minimum Gasteiger partial charge on any atom is -0.411 e. The number of hydrogen-bond acceptors (Lipinski definition) is 6. The fraction of sp³-hybridized carbons (Fsp3) is 0.118. The van der Waals surface area contributed by atoms with Gasteiger partial charge in [0.05, 0.1) is 5.25 Å². The molecule has 2 aromatic carbocycles. The number of aromatic nitrogens is 2. The van der Waals surface area contributed by atoms with Gasteiger partial charge in [-0.3, -0.25) is 4.79 Å². The van der Waals surface area contributed by atoms with Gasteiger partial charge in [0.25, 0.3) is 5.22 Å². The number of carbonyl (C=O) groups is 1. The average molecular weight is 325 g/mol. The monoisotopic (exact) mass is 325 g/mol. The SMILES string of the molecule is CC(Sc1nnc(-c2ccc(N)cc2)o1)C(=O)c1ccccc1. The molecular weight excluding hydrogens is 310 g/mol. The van der Waals surface area contributed by atoms with Crippen molar-refractivity contribution in [1.82, 2.24) is 10.2 Å². The van der Waals surface area contributed by atoms with Gasteiger partial charge in [-0.2, -0.15) is 0 Å². The van der Waals surface area contributed by atoms with Crippen LogP contribution in [0.1, 0.15) is 17.3 Å². The molecule has 0 aliphatic carbocycles. The van der Waals surface area contributed by atoms with E-state index in [1.54, 1.807) is 24.3 Å². The summed E-state index contributed by atoms with van der Waals surface area (Å²) in [6.07, 6.45) is 0. The number of nitrogen functional groups attached to an aromatic ring is 1. The van der Waals surface area contributed by atoms with Gasteiger partial charge in [-0.05, 0) is 31.2 Å². The van der Waals surface area contributed by atoms with Crippen LogP contribution in [-0.2, 0) is 0 Å². The summed E-state index contributed by atoms with van der Waals surface area (Å²) in [5.74, 6) is 0.440. The van der Waals surface area contributed by atoms with E-state index in [9.17, 15) is 4.79 Å². The Balaban J connectivity index is 1.71. The first-order valence-corrected chi connectivity index (χ1v) is 7.97. The van der Waals surface area contributed by atoms with Crippen LogP contribution in [0.2, 0.25) is 0 Å². The summed E-state index contributed by atoms with van der Waals surface area (Å²) < 4.78 is 5.61. The minimum absolute atomic E-state index is 0.0304. The zero-order valence-electron chi connectivity index (χ0n) is 12.5. The quantitative estimate of drug-likeness (QED) is 0.438. The largest absolute Gasteiger partial charge is 0.411 e. The van der Waals surface area contributed by atoms with E-state index in [1.807, 2.05) is 37.3 Å². The van der Waals surface area contributed by atoms with E-state index in [-0.39, 0.29) is 11.0 Å². The van der Waals surface area contributed by atoms with Gasteiger partial charge in [0, 0.05) is 16.8 Å². The van der Waals surface area contributed by atoms with E-state index in [4.69, 9.17) is 10.2 Å². The molecule has 0 aliphatic rings. The third kappa shape index (κ3) is 3.60. The molecule has 0 saturated heterocycles. The van der Waals surface area contributed by atoms with E-state index < -0.39 is 0 Å². The summed E-state index contributed by atoms with van der Waals surface area (Å²) in [6.45, 7) is 1.83. The third-order valence-corrected chi connectivity index (χ3v) is 4.20. The van der Waals surface area contributed by atoms with E-state index in [0.29, 0.717) is 22.4 Å². The maximum absolute atomic E-state index is 12.3.